The number of hydrazone groups is 1. The number of aryl methyl sites for hydroxylation is 1. The zero-order valence-corrected chi connectivity index (χ0v) is 10.9. The highest BCUT2D eigenvalue weighted by Crippen LogP contribution is 2.26. The normalized spacial score (nSPS) is 18.9. The molecule has 0 saturated carbocycles. The molecule has 0 bridgehead atoms. The van der Waals surface area contributed by atoms with Gasteiger partial charge in [0.25, 0.3) is 0 Å². The predicted molar refractivity (Wildman–Crippen MR) is 77.4 cm³/mol. The minimum absolute atomic E-state index is 0.181. The Kier molecular flexibility index (Phi) is 2.87. The number of benzene rings is 1. The zero-order chi connectivity index (χ0) is 13.4. The second kappa shape index (κ2) is 4.55. The van der Waals surface area contributed by atoms with Crippen LogP contribution in [0.2, 0.25) is 0 Å². The Balaban J connectivity index is 1.84. The lowest BCUT2D eigenvalue weighted by molar-refractivity contribution is 0.142. The van der Waals surface area contributed by atoms with E-state index in [1.807, 2.05) is 12.2 Å². The molecule has 4 nitrogen and oxygen atoms in total. The number of aliphatic hydroxyl groups is 1. The topological polar surface area (TPSA) is 47.9 Å². The molecule has 1 aromatic carbocycles. The van der Waals surface area contributed by atoms with Crippen molar-refractivity contribution in [3.63, 3.8) is 0 Å². The van der Waals surface area contributed by atoms with Gasteiger partial charge in [-0.2, -0.15) is 5.10 Å². The van der Waals surface area contributed by atoms with Crippen molar-refractivity contribution in [3.05, 3.63) is 53.8 Å². The van der Waals surface area contributed by atoms with Gasteiger partial charge in [-0.3, -0.25) is 5.43 Å². The first-order valence-electron chi connectivity index (χ1n) is 6.38. The Bertz CT molecular complexity index is 583. The Labute approximate surface area is 112 Å². The van der Waals surface area contributed by atoms with Gasteiger partial charge < -0.3 is 10.0 Å². The third kappa shape index (κ3) is 2.27. The lowest BCUT2D eigenvalue weighted by Crippen LogP contribution is -2.51. The zero-order valence-electron chi connectivity index (χ0n) is 10.9. The van der Waals surface area contributed by atoms with Gasteiger partial charge in [0.15, 0.2) is 0 Å². The van der Waals surface area contributed by atoms with Crippen molar-refractivity contribution in [1.29, 1.82) is 0 Å². The number of hydrogen-bond acceptors (Lipinski definition) is 4. The van der Waals surface area contributed by atoms with Gasteiger partial charge in [-0.25, -0.2) is 0 Å². The van der Waals surface area contributed by atoms with Gasteiger partial charge in [-0.05, 0) is 36.8 Å². The van der Waals surface area contributed by atoms with Crippen molar-refractivity contribution in [3.8, 4) is 0 Å². The molecule has 4 heteroatoms. The summed E-state index contributed by atoms with van der Waals surface area (Å²) in [6, 6.07) is 6.28. The third-order valence-electron chi connectivity index (χ3n) is 3.46. The third-order valence-corrected chi connectivity index (χ3v) is 3.46. The molecule has 19 heavy (non-hydrogen) atoms. The molecule has 2 N–H and O–H groups in total. The smallest absolute Gasteiger partial charge is 0.0906 e. The quantitative estimate of drug-likeness (QED) is 0.843. The number of β-amino-alcohol motifs (C(OH)–C–C–N with tert-alkyl or cyclic N) is 1. The number of nitrogens with one attached hydrogen (secondary N) is 1. The molecular weight excluding hydrogens is 238 g/mol. The molecule has 1 fully saturated rings. The monoisotopic (exact) mass is 255 g/mol. The molecule has 3 rings (SSSR count). The summed E-state index contributed by atoms with van der Waals surface area (Å²) in [7, 11) is 0. The highest BCUT2D eigenvalue weighted by Gasteiger charge is 2.25. The number of allylic oxidation sites excluding steroid dienone is 2. The van der Waals surface area contributed by atoms with Crippen molar-refractivity contribution in [2.45, 2.75) is 13.0 Å². The van der Waals surface area contributed by atoms with Crippen LogP contribution in [0.25, 0.3) is 0 Å². The van der Waals surface area contributed by atoms with Gasteiger partial charge in [0.05, 0.1) is 11.8 Å². The van der Waals surface area contributed by atoms with E-state index in [2.05, 4.69) is 47.1 Å². The fourth-order valence-corrected chi connectivity index (χ4v) is 2.37. The SMILES string of the molecule is C=C1C=CC(c2ccc(N3CC(O)C3)c(C)c2)=NN1. The van der Waals surface area contributed by atoms with Gasteiger partial charge in [-0.15, -0.1) is 0 Å². The van der Waals surface area contributed by atoms with E-state index in [-0.39, 0.29) is 6.10 Å². The molecule has 1 aromatic rings. The van der Waals surface area contributed by atoms with E-state index in [9.17, 15) is 5.11 Å². The van der Waals surface area contributed by atoms with E-state index in [1.54, 1.807) is 0 Å². The van der Waals surface area contributed by atoms with Gasteiger partial charge in [0, 0.05) is 30.0 Å². The van der Waals surface area contributed by atoms with Crippen LogP contribution in [0.4, 0.5) is 5.69 Å². The maximum atomic E-state index is 9.37. The Morgan fingerprint density at radius 2 is 2.16 bits per heavy atom. The van der Waals surface area contributed by atoms with E-state index in [4.69, 9.17) is 0 Å². The van der Waals surface area contributed by atoms with Gasteiger partial charge >= 0.3 is 0 Å². The standard InChI is InChI=1S/C15H17N3O/c1-10-7-12(14-5-3-11(2)16-17-14)4-6-15(10)18-8-13(19)9-18/h3-7,13,16,19H,2,8-9H2,1H3. The fraction of sp³-hybridized carbons (Fsp3) is 0.267. The molecule has 0 aliphatic carbocycles. The van der Waals surface area contributed by atoms with Crippen LogP contribution in [-0.2, 0) is 0 Å². The maximum absolute atomic E-state index is 9.37. The van der Waals surface area contributed by atoms with Crippen molar-refractivity contribution >= 4 is 11.4 Å². The molecule has 0 unspecified atom stereocenters. The maximum Gasteiger partial charge on any atom is 0.0906 e. The minimum atomic E-state index is -0.181. The van der Waals surface area contributed by atoms with Crippen LogP contribution < -0.4 is 10.3 Å². The molecule has 2 aliphatic heterocycles. The summed E-state index contributed by atoms with van der Waals surface area (Å²) in [6.45, 7) is 7.32. The van der Waals surface area contributed by atoms with Crippen molar-refractivity contribution in [2.24, 2.45) is 5.10 Å². The molecule has 0 amide bonds. The number of hydrogen-bond donors (Lipinski definition) is 2. The summed E-state index contributed by atoms with van der Waals surface area (Å²) in [5.41, 5.74) is 8.05. The minimum Gasteiger partial charge on any atom is -0.389 e. The van der Waals surface area contributed by atoms with Crippen LogP contribution in [0, 0.1) is 6.92 Å². The molecular formula is C15H17N3O. The van der Waals surface area contributed by atoms with Crippen molar-refractivity contribution in [2.75, 3.05) is 18.0 Å². The first-order chi connectivity index (χ1) is 9.13. The van der Waals surface area contributed by atoms with E-state index < -0.39 is 0 Å². The van der Waals surface area contributed by atoms with Gasteiger partial charge in [0.1, 0.15) is 0 Å². The lowest BCUT2D eigenvalue weighted by atomic mass is 10.0. The molecule has 1 saturated heterocycles. The van der Waals surface area contributed by atoms with Gasteiger partial charge in [-0.1, -0.05) is 12.6 Å². The first kappa shape index (κ1) is 12.0. The average Bonchev–Trinajstić information content (AvgIpc) is 2.36. The van der Waals surface area contributed by atoms with Crippen LogP contribution >= 0.6 is 0 Å². The number of aliphatic hydroxyl groups excluding tert-OH is 1. The van der Waals surface area contributed by atoms with Crippen LogP contribution in [0.5, 0.6) is 0 Å². The molecule has 0 spiro atoms. The first-order valence-corrected chi connectivity index (χ1v) is 6.38. The number of rotatable bonds is 2. The molecule has 0 radical (unpaired) electrons. The highest BCUT2D eigenvalue weighted by atomic mass is 16.3. The second-order valence-electron chi connectivity index (χ2n) is 5.03. The lowest BCUT2D eigenvalue weighted by Gasteiger charge is -2.38. The average molecular weight is 255 g/mol. The number of anilines is 1. The van der Waals surface area contributed by atoms with E-state index in [0.717, 1.165) is 30.1 Å². The second-order valence-corrected chi connectivity index (χ2v) is 5.03. The van der Waals surface area contributed by atoms with Crippen LogP contribution in [-0.4, -0.2) is 30.0 Å². The van der Waals surface area contributed by atoms with Crippen LogP contribution in [0.1, 0.15) is 11.1 Å². The summed E-state index contributed by atoms with van der Waals surface area (Å²) in [5, 5.41) is 13.6. The molecule has 98 valence electrons. The van der Waals surface area contributed by atoms with Gasteiger partial charge in [0.2, 0.25) is 0 Å². The summed E-state index contributed by atoms with van der Waals surface area (Å²) >= 11 is 0. The molecule has 0 aromatic heterocycles. The van der Waals surface area contributed by atoms with Crippen molar-refractivity contribution < 1.29 is 5.11 Å². The van der Waals surface area contributed by atoms with E-state index in [0.29, 0.717) is 0 Å². The van der Waals surface area contributed by atoms with Crippen LogP contribution in [0.3, 0.4) is 0 Å². The molecule has 0 atom stereocenters. The fourth-order valence-electron chi connectivity index (χ4n) is 2.37. The van der Waals surface area contributed by atoms with E-state index >= 15 is 0 Å². The van der Waals surface area contributed by atoms with E-state index in [1.165, 1.54) is 11.3 Å². The highest BCUT2D eigenvalue weighted by molar-refractivity contribution is 6.09. The molecule has 2 heterocycles. The molecule has 2 aliphatic rings. The summed E-state index contributed by atoms with van der Waals surface area (Å²) in [6.07, 6.45) is 3.69. The summed E-state index contributed by atoms with van der Waals surface area (Å²) in [4.78, 5) is 2.18. The number of nitrogens with zero attached hydrogens (tertiary/aromatic N) is 2. The Morgan fingerprint density at radius 1 is 1.37 bits per heavy atom. The van der Waals surface area contributed by atoms with Crippen molar-refractivity contribution in [1.82, 2.24) is 5.43 Å². The predicted octanol–water partition coefficient (Wildman–Crippen LogP) is 1.55. The Morgan fingerprint density at radius 3 is 2.74 bits per heavy atom. The summed E-state index contributed by atoms with van der Waals surface area (Å²) in [5.74, 6) is 0. The summed E-state index contributed by atoms with van der Waals surface area (Å²) < 4.78 is 0. The Hall–Kier alpha value is -2.07. The largest absolute Gasteiger partial charge is 0.389 e. The van der Waals surface area contributed by atoms with Crippen LogP contribution in [0.15, 0.2) is 47.7 Å².